The molecule has 2 amide bonds. The van der Waals surface area contributed by atoms with Crippen molar-refractivity contribution < 1.29 is 18.0 Å². The van der Waals surface area contributed by atoms with Gasteiger partial charge in [0.2, 0.25) is 11.8 Å². The molecule has 0 saturated heterocycles. The molecule has 0 aromatic heterocycles. The third-order valence-corrected chi connectivity index (χ3v) is 10.00. The number of sulfonamides is 1. The zero-order valence-electron chi connectivity index (χ0n) is 25.7. The van der Waals surface area contributed by atoms with Crippen LogP contribution in [-0.2, 0) is 32.6 Å². The third kappa shape index (κ3) is 8.96. The maximum absolute atomic E-state index is 14.5. The highest BCUT2D eigenvalue weighted by Gasteiger charge is 2.35. The highest BCUT2D eigenvalue weighted by Crippen LogP contribution is 2.28. The Hall–Kier alpha value is -3.66. The Labute approximate surface area is 279 Å². The fourth-order valence-corrected chi connectivity index (χ4v) is 6.66. The topological polar surface area (TPSA) is 86.8 Å². The number of carbonyl (C=O) groups excluding carboxylic acids is 2. The number of carbonyl (C=O) groups is 2. The molecule has 0 radical (unpaired) electrons. The molecule has 7 nitrogen and oxygen atoms in total. The van der Waals surface area contributed by atoms with Gasteiger partial charge in [-0.1, -0.05) is 76.1 Å². The average Bonchev–Trinajstić information content (AvgIpc) is 3.00. The van der Waals surface area contributed by atoms with E-state index in [1.165, 1.54) is 29.2 Å². The van der Waals surface area contributed by atoms with Gasteiger partial charge in [-0.25, -0.2) is 8.42 Å². The average molecular weight is 711 g/mol. The van der Waals surface area contributed by atoms with Crippen molar-refractivity contribution in [2.75, 3.05) is 10.8 Å². The van der Waals surface area contributed by atoms with Gasteiger partial charge in [0.1, 0.15) is 12.6 Å². The molecule has 4 rings (SSSR count). The summed E-state index contributed by atoms with van der Waals surface area (Å²) >= 11 is 9.52. The van der Waals surface area contributed by atoms with Crippen LogP contribution >= 0.6 is 27.5 Å². The van der Waals surface area contributed by atoms with Crippen molar-refractivity contribution >= 4 is 55.1 Å². The molecular formula is C35H37BrClN3O4S. The van der Waals surface area contributed by atoms with Crippen LogP contribution in [0, 0.1) is 13.8 Å². The van der Waals surface area contributed by atoms with E-state index in [9.17, 15) is 18.0 Å². The molecule has 1 atom stereocenters. The maximum atomic E-state index is 14.5. The van der Waals surface area contributed by atoms with E-state index < -0.39 is 28.5 Å². The van der Waals surface area contributed by atoms with Crippen LogP contribution in [0.4, 0.5) is 5.69 Å². The molecule has 0 spiro atoms. The normalized spacial score (nSPS) is 12.1. The molecule has 236 valence electrons. The molecule has 0 fully saturated rings. The van der Waals surface area contributed by atoms with Gasteiger partial charge in [-0.2, -0.15) is 0 Å². The van der Waals surface area contributed by atoms with Crippen LogP contribution in [0.15, 0.2) is 106 Å². The van der Waals surface area contributed by atoms with E-state index in [2.05, 4.69) is 21.2 Å². The van der Waals surface area contributed by atoms with Gasteiger partial charge in [0.15, 0.2) is 0 Å². The Morgan fingerprint density at radius 3 is 2.09 bits per heavy atom. The summed E-state index contributed by atoms with van der Waals surface area (Å²) in [5.74, 6) is -0.842. The molecule has 45 heavy (non-hydrogen) atoms. The van der Waals surface area contributed by atoms with Crippen molar-refractivity contribution in [3.63, 3.8) is 0 Å². The number of hydrogen-bond donors (Lipinski definition) is 1. The number of nitrogens with zero attached hydrogens (tertiary/aromatic N) is 2. The summed E-state index contributed by atoms with van der Waals surface area (Å²) in [6, 6.07) is 27.0. The Morgan fingerprint density at radius 1 is 0.844 bits per heavy atom. The lowest BCUT2D eigenvalue weighted by Gasteiger charge is -2.34. The number of benzene rings is 4. The smallest absolute Gasteiger partial charge is 0.264 e. The van der Waals surface area contributed by atoms with Crippen LogP contribution < -0.4 is 9.62 Å². The monoisotopic (exact) mass is 709 g/mol. The van der Waals surface area contributed by atoms with E-state index in [1.807, 2.05) is 88.4 Å². The number of anilines is 1. The standard InChI is InChI=1S/C35H37BrClN3O4S/c1-24(2)38-35(42)33(21-27-8-6-5-7-9-27)39(22-28-11-13-29(36)14-12-28)34(41)23-40(31-17-10-25(3)26(4)20-31)45(43,44)32-18-15-30(37)16-19-32/h5-20,24,33H,21-23H2,1-4H3,(H,38,42)/t33-/m1/s1. The van der Waals surface area contributed by atoms with Gasteiger partial charge in [0.05, 0.1) is 10.6 Å². The van der Waals surface area contributed by atoms with Crippen molar-refractivity contribution in [3.8, 4) is 0 Å². The van der Waals surface area contributed by atoms with Crippen molar-refractivity contribution in [2.45, 2.75) is 57.6 Å². The molecule has 0 heterocycles. The Morgan fingerprint density at radius 2 is 1.49 bits per heavy atom. The molecular weight excluding hydrogens is 674 g/mol. The van der Waals surface area contributed by atoms with Gasteiger partial charge >= 0.3 is 0 Å². The predicted molar refractivity (Wildman–Crippen MR) is 184 cm³/mol. The summed E-state index contributed by atoms with van der Waals surface area (Å²) in [5, 5.41) is 3.36. The second-order valence-electron chi connectivity index (χ2n) is 11.3. The summed E-state index contributed by atoms with van der Waals surface area (Å²) in [7, 11) is -4.21. The number of amides is 2. The van der Waals surface area contributed by atoms with E-state index in [0.717, 1.165) is 31.0 Å². The molecule has 0 aliphatic rings. The largest absolute Gasteiger partial charge is 0.352 e. The predicted octanol–water partition coefficient (Wildman–Crippen LogP) is 7.08. The molecule has 4 aromatic carbocycles. The van der Waals surface area contributed by atoms with E-state index in [1.54, 1.807) is 12.1 Å². The Kier molecular flexibility index (Phi) is 11.5. The minimum absolute atomic E-state index is 0.00391. The van der Waals surface area contributed by atoms with E-state index >= 15 is 0 Å². The molecule has 0 unspecified atom stereocenters. The van der Waals surface area contributed by atoms with Gasteiger partial charge in [-0.15, -0.1) is 0 Å². The van der Waals surface area contributed by atoms with E-state index in [0.29, 0.717) is 10.7 Å². The fourth-order valence-electron chi connectivity index (χ4n) is 4.86. The van der Waals surface area contributed by atoms with Crippen LogP contribution in [0.3, 0.4) is 0 Å². The lowest BCUT2D eigenvalue weighted by Crippen LogP contribution is -2.54. The lowest BCUT2D eigenvalue weighted by molar-refractivity contribution is -0.140. The first kappa shape index (κ1) is 34.2. The van der Waals surface area contributed by atoms with E-state index in [-0.39, 0.29) is 29.8 Å². The number of halogens is 2. The maximum Gasteiger partial charge on any atom is 0.264 e. The van der Waals surface area contributed by atoms with Crippen molar-refractivity contribution in [1.82, 2.24) is 10.2 Å². The third-order valence-electron chi connectivity index (χ3n) is 7.43. The molecule has 1 N–H and O–H groups in total. The Bertz CT molecular complexity index is 1730. The molecule has 0 aliphatic carbocycles. The van der Waals surface area contributed by atoms with Gasteiger partial charge in [0, 0.05) is 28.5 Å². The zero-order valence-corrected chi connectivity index (χ0v) is 28.9. The molecule has 0 bridgehead atoms. The van der Waals surface area contributed by atoms with Crippen molar-refractivity contribution in [2.24, 2.45) is 0 Å². The first-order valence-electron chi connectivity index (χ1n) is 14.6. The quantitative estimate of drug-likeness (QED) is 0.170. The first-order valence-corrected chi connectivity index (χ1v) is 17.2. The van der Waals surface area contributed by atoms with Crippen LogP contribution in [0.5, 0.6) is 0 Å². The fraction of sp³-hybridized carbons (Fsp3) is 0.257. The molecule has 10 heteroatoms. The van der Waals surface area contributed by atoms with Crippen LogP contribution in [0.2, 0.25) is 5.02 Å². The van der Waals surface area contributed by atoms with Crippen LogP contribution in [-0.4, -0.2) is 43.8 Å². The lowest BCUT2D eigenvalue weighted by atomic mass is 10.0. The number of rotatable bonds is 12. The molecule has 4 aromatic rings. The molecule has 0 saturated carbocycles. The summed E-state index contributed by atoms with van der Waals surface area (Å²) < 4.78 is 30.3. The summed E-state index contributed by atoms with van der Waals surface area (Å²) in [6.45, 7) is 7.11. The van der Waals surface area contributed by atoms with Crippen molar-refractivity contribution in [1.29, 1.82) is 0 Å². The summed E-state index contributed by atoms with van der Waals surface area (Å²) in [6.07, 6.45) is 0.245. The van der Waals surface area contributed by atoms with Crippen LogP contribution in [0.1, 0.15) is 36.1 Å². The Balaban J connectivity index is 1.82. The van der Waals surface area contributed by atoms with Crippen molar-refractivity contribution in [3.05, 3.63) is 129 Å². The zero-order chi connectivity index (χ0) is 32.7. The highest BCUT2D eigenvalue weighted by atomic mass is 79.9. The van der Waals surface area contributed by atoms with Gasteiger partial charge in [0.25, 0.3) is 10.0 Å². The number of nitrogens with one attached hydrogen (secondary N) is 1. The first-order chi connectivity index (χ1) is 21.3. The number of aryl methyl sites for hydroxylation is 2. The highest BCUT2D eigenvalue weighted by molar-refractivity contribution is 9.10. The SMILES string of the molecule is Cc1ccc(N(CC(=O)N(Cc2ccc(Br)cc2)[C@H](Cc2ccccc2)C(=O)NC(C)C)S(=O)(=O)c2ccc(Cl)cc2)cc1C. The molecule has 0 aliphatic heterocycles. The van der Waals surface area contributed by atoms with Gasteiger partial charge in [-0.05, 0) is 98.5 Å². The minimum atomic E-state index is -4.21. The minimum Gasteiger partial charge on any atom is -0.352 e. The van der Waals surface area contributed by atoms with Gasteiger partial charge < -0.3 is 10.2 Å². The summed E-state index contributed by atoms with van der Waals surface area (Å²) in [4.78, 5) is 29.8. The van der Waals surface area contributed by atoms with E-state index in [4.69, 9.17) is 11.6 Å². The second kappa shape index (κ2) is 15.1. The van der Waals surface area contributed by atoms with Crippen LogP contribution in [0.25, 0.3) is 0 Å². The second-order valence-corrected chi connectivity index (χ2v) is 14.5. The summed E-state index contributed by atoms with van der Waals surface area (Å²) in [5.41, 5.74) is 3.87. The van der Waals surface area contributed by atoms with Gasteiger partial charge in [-0.3, -0.25) is 13.9 Å². The number of hydrogen-bond acceptors (Lipinski definition) is 4.